The molecule has 0 saturated carbocycles. The number of nitrogens with one attached hydrogen (secondary N) is 1. The van der Waals surface area contributed by atoms with Crippen LogP contribution in [0.5, 0.6) is 0 Å². The number of Topliss-reactive ketones (excluding diaryl/α,β-unsaturated/α-hetero) is 1. The number of para-hydroxylation sites is 2. The lowest BCUT2D eigenvalue weighted by atomic mass is 9.85. The first-order valence-electron chi connectivity index (χ1n) is 9.80. The molecule has 5 heteroatoms. The molecule has 4 nitrogen and oxygen atoms in total. The molecule has 2 aromatic rings. The molecule has 0 bridgehead atoms. The molecule has 1 heterocycles. The smallest absolute Gasteiger partial charge is 0.227 e. The van der Waals surface area contributed by atoms with Gasteiger partial charge in [-0.15, -0.1) is 0 Å². The lowest BCUT2D eigenvalue weighted by Crippen LogP contribution is -2.37. The maximum absolute atomic E-state index is 13.6. The third-order valence-corrected chi connectivity index (χ3v) is 5.36. The minimum absolute atomic E-state index is 0.0433. The number of carbonyl (C=O) groups excluding carboxylic acids is 2. The van der Waals surface area contributed by atoms with Crippen LogP contribution in [-0.2, 0) is 9.59 Å². The Kier molecular flexibility index (Phi) is 4.99. The summed E-state index contributed by atoms with van der Waals surface area (Å²) in [5, 5.41) is 3.42. The molecule has 0 fully saturated rings. The predicted octanol–water partition coefficient (Wildman–Crippen LogP) is 5.13. The van der Waals surface area contributed by atoms with E-state index in [-0.39, 0.29) is 17.5 Å². The van der Waals surface area contributed by atoms with E-state index >= 15 is 0 Å². The molecule has 4 rings (SSSR count). The summed E-state index contributed by atoms with van der Waals surface area (Å²) >= 11 is 0. The average Bonchev–Trinajstić information content (AvgIpc) is 2.84. The lowest BCUT2D eigenvalue weighted by Gasteiger charge is -2.34. The number of allylic oxidation sites excluding steroid dienone is 1. The Morgan fingerprint density at radius 2 is 1.89 bits per heavy atom. The van der Waals surface area contributed by atoms with E-state index in [0.29, 0.717) is 24.8 Å². The monoisotopic (exact) mass is 378 g/mol. The number of anilines is 2. The molecule has 1 atom stereocenters. The van der Waals surface area contributed by atoms with E-state index in [4.69, 9.17) is 0 Å². The number of carbonyl (C=O) groups is 2. The van der Waals surface area contributed by atoms with Crippen LogP contribution in [0, 0.1) is 5.82 Å². The number of halogens is 1. The summed E-state index contributed by atoms with van der Waals surface area (Å²) < 4.78 is 13.6. The van der Waals surface area contributed by atoms with Gasteiger partial charge >= 0.3 is 0 Å². The van der Waals surface area contributed by atoms with Crippen LogP contribution in [0.1, 0.15) is 50.6 Å². The Morgan fingerprint density at radius 3 is 2.64 bits per heavy atom. The summed E-state index contributed by atoms with van der Waals surface area (Å²) in [5.41, 5.74) is 3.80. The highest BCUT2D eigenvalue weighted by Gasteiger charge is 2.39. The van der Waals surface area contributed by atoms with Crippen molar-refractivity contribution in [3.05, 3.63) is 71.2 Å². The third-order valence-electron chi connectivity index (χ3n) is 5.36. The number of fused-ring (bicyclic) bond motifs is 1. The lowest BCUT2D eigenvalue weighted by molar-refractivity contribution is -0.119. The summed E-state index contributed by atoms with van der Waals surface area (Å²) in [5.74, 6) is -0.338. The van der Waals surface area contributed by atoms with Crippen molar-refractivity contribution in [3.8, 4) is 0 Å². The predicted molar refractivity (Wildman–Crippen MR) is 107 cm³/mol. The van der Waals surface area contributed by atoms with Gasteiger partial charge in [-0.25, -0.2) is 4.39 Å². The molecule has 1 aliphatic carbocycles. The van der Waals surface area contributed by atoms with Gasteiger partial charge in [0.05, 0.1) is 17.4 Å². The molecule has 2 aromatic carbocycles. The van der Waals surface area contributed by atoms with Crippen molar-refractivity contribution in [3.63, 3.8) is 0 Å². The van der Waals surface area contributed by atoms with Crippen LogP contribution >= 0.6 is 0 Å². The number of hydrogen-bond acceptors (Lipinski definition) is 3. The molecule has 0 spiro atoms. The largest absolute Gasteiger partial charge is 0.357 e. The van der Waals surface area contributed by atoms with E-state index in [1.54, 1.807) is 17.0 Å². The molecule has 1 aliphatic heterocycles. The molecular formula is C23H23FN2O2. The minimum atomic E-state index is -0.557. The minimum Gasteiger partial charge on any atom is -0.357 e. The summed E-state index contributed by atoms with van der Waals surface area (Å²) in [6.07, 6.45) is 3.09. The number of hydrogen-bond donors (Lipinski definition) is 1. The molecule has 1 N–H and O–H groups in total. The van der Waals surface area contributed by atoms with Gasteiger partial charge in [0.1, 0.15) is 5.82 Å². The van der Waals surface area contributed by atoms with Gasteiger partial charge in [-0.3, -0.25) is 14.5 Å². The van der Waals surface area contributed by atoms with Gasteiger partial charge in [-0.2, -0.15) is 0 Å². The molecule has 0 radical (unpaired) electrons. The second-order valence-electron chi connectivity index (χ2n) is 7.28. The first kappa shape index (κ1) is 18.4. The number of nitrogens with zero attached hydrogens (tertiary/aromatic N) is 1. The Balaban J connectivity index is 1.97. The highest BCUT2D eigenvalue weighted by Crippen LogP contribution is 2.45. The Bertz CT molecular complexity index is 949. The van der Waals surface area contributed by atoms with Gasteiger partial charge in [0.2, 0.25) is 5.91 Å². The van der Waals surface area contributed by atoms with E-state index in [9.17, 15) is 14.0 Å². The maximum Gasteiger partial charge on any atom is 0.227 e. The van der Waals surface area contributed by atoms with E-state index < -0.39 is 6.04 Å². The van der Waals surface area contributed by atoms with Gasteiger partial charge in [0, 0.05) is 24.1 Å². The standard InChI is InChI=1S/C23H23FN2O2/c1-2-6-21(28)26-19-9-4-3-7-17(19)25-18-8-5-10-20(27)22(18)23(26)15-11-13-16(24)14-12-15/h3-4,7,9,11-14,23,25H,2,5-6,8,10H2,1H3/t23-/m1/s1. The zero-order valence-electron chi connectivity index (χ0n) is 15.9. The first-order valence-corrected chi connectivity index (χ1v) is 9.80. The van der Waals surface area contributed by atoms with Crippen LogP contribution in [-0.4, -0.2) is 11.7 Å². The zero-order chi connectivity index (χ0) is 19.7. The molecule has 28 heavy (non-hydrogen) atoms. The van der Waals surface area contributed by atoms with E-state index in [0.717, 1.165) is 35.5 Å². The molecule has 1 amide bonds. The number of benzene rings is 2. The van der Waals surface area contributed by atoms with Gasteiger partial charge < -0.3 is 5.32 Å². The second-order valence-corrected chi connectivity index (χ2v) is 7.28. The zero-order valence-corrected chi connectivity index (χ0v) is 15.9. The highest BCUT2D eigenvalue weighted by atomic mass is 19.1. The van der Waals surface area contributed by atoms with Crippen LogP contribution in [0.4, 0.5) is 15.8 Å². The Hall–Kier alpha value is -2.95. The maximum atomic E-state index is 13.6. The molecule has 144 valence electrons. The SMILES string of the molecule is CCCC(=O)N1c2ccccc2NC2=C(C(=O)CCC2)[C@H]1c1ccc(F)cc1. The molecule has 0 unspecified atom stereocenters. The average molecular weight is 378 g/mol. The fourth-order valence-corrected chi connectivity index (χ4v) is 4.10. The Morgan fingerprint density at radius 1 is 1.14 bits per heavy atom. The molecule has 2 aliphatic rings. The van der Waals surface area contributed by atoms with Crippen LogP contribution in [0.25, 0.3) is 0 Å². The van der Waals surface area contributed by atoms with Crippen molar-refractivity contribution in [2.24, 2.45) is 0 Å². The summed E-state index contributed by atoms with van der Waals surface area (Å²) in [4.78, 5) is 28.0. The quantitative estimate of drug-likeness (QED) is 0.805. The van der Waals surface area contributed by atoms with Crippen molar-refractivity contribution >= 4 is 23.1 Å². The summed E-state index contributed by atoms with van der Waals surface area (Å²) in [7, 11) is 0. The normalized spacial score (nSPS) is 18.9. The first-order chi connectivity index (χ1) is 13.6. The molecule has 0 saturated heterocycles. The topological polar surface area (TPSA) is 49.4 Å². The van der Waals surface area contributed by atoms with Crippen LogP contribution in [0.15, 0.2) is 59.8 Å². The number of ketones is 1. The van der Waals surface area contributed by atoms with Crippen molar-refractivity contribution < 1.29 is 14.0 Å². The third kappa shape index (κ3) is 3.21. The Labute approximate surface area is 164 Å². The molecule has 0 aromatic heterocycles. The van der Waals surface area contributed by atoms with Crippen LogP contribution in [0.3, 0.4) is 0 Å². The van der Waals surface area contributed by atoms with Crippen LogP contribution < -0.4 is 10.2 Å². The van der Waals surface area contributed by atoms with Crippen molar-refractivity contribution in [2.75, 3.05) is 10.2 Å². The number of amides is 1. The van der Waals surface area contributed by atoms with Gasteiger partial charge in [-0.05, 0) is 49.1 Å². The molecular weight excluding hydrogens is 355 g/mol. The second kappa shape index (κ2) is 7.58. The van der Waals surface area contributed by atoms with Crippen molar-refractivity contribution in [2.45, 2.75) is 45.1 Å². The van der Waals surface area contributed by atoms with E-state index in [2.05, 4.69) is 5.32 Å². The highest BCUT2D eigenvalue weighted by molar-refractivity contribution is 6.06. The summed E-state index contributed by atoms with van der Waals surface area (Å²) in [6, 6.07) is 13.2. The fourth-order valence-electron chi connectivity index (χ4n) is 4.10. The van der Waals surface area contributed by atoms with Gasteiger partial charge in [0.25, 0.3) is 0 Å². The van der Waals surface area contributed by atoms with Gasteiger partial charge in [-0.1, -0.05) is 31.2 Å². The van der Waals surface area contributed by atoms with Gasteiger partial charge in [0.15, 0.2) is 5.78 Å². The van der Waals surface area contributed by atoms with E-state index in [1.807, 2.05) is 31.2 Å². The van der Waals surface area contributed by atoms with Crippen LogP contribution in [0.2, 0.25) is 0 Å². The number of rotatable bonds is 3. The van der Waals surface area contributed by atoms with Crippen molar-refractivity contribution in [1.29, 1.82) is 0 Å². The fraction of sp³-hybridized carbons (Fsp3) is 0.304. The van der Waals surface area contributed by atoms with E-state index in [1.165, 1.54) is 12.1 Å². The summed E-state index contributed by atoms with van der Waals surface area (Å²) in [6.45, 7) is 1.96. The van der Waals surface area contributed by atoms with Crippen molar-refractivity contribution in [1.82, 2.24) is 0 Å².